The number of sulfonamides is 1. The van der Waals surface area contributed by atoms with Crippen molar-refractivity contribution in [1.82, 2.24) is 9.62 Å². The Morgan fingerprint density at radius 2 is 1.93 bits per heavy atom. The maximum atomic E-state index is 13.0. The summed E-state index contributed by atoms with van der Waals surface area (Å²) in [5, 5.41) is 5.35. The van der Waals surface area contributed by atoms with Crippen molar-refractivity contribution in [2.45, 2.75) is 37.1 Å². The predicted molar refractivity (Wildman–Crippen MR) is 105 cm³/mol. The zero-order valence-corrected chi connectivity index (χ0v) is 16.6. The second kappa shape index (κ2) is 9.11. The van der Waals surface area contributed by atoms with Crippen LogP contribution in [-0.4, -0.2) is 39.0 Å². The Labute approximate surface area is 164 Å². The number of urea groups is 1. The summed E-state index contributed by atoms with van der Waals surface area (Å²) in [6.07, 6.45) is 6.86. The number of amides is 2. The Morgan fingerprint density at radius 3 is 2.57 bits per heavy atom. The number of nitrogens with one attached hydrogen (secondary N) is 2. The van der Waals surface area contributed by atoms with E-state index < -0.39 is 16.1 Å². The highest BCUT2D eigenvalue weighted by atomic mass is 32.2. The van der Waals surface area contributed by atoms with Gasteiger partial charge in [-0.3, -0.25) is 0 Å². The lowest BCUT2D eigenvalue weighted by molar-refractivity contribution is 0.251. The molecule has 1 aromatic heterocycles. The molecule has 1 aliphatic rings. The van der Waals surface area contributed by atoms with Crippen molar-refractivity contribution < 1.29 is 22.4 Å². The van der Waals surface area contributed by atoms with Crippen LogP contribution in [0, 0.1) is 0 Å². The van der Waals surface area contributed by atoms with Gasteiger partial charge in [-0.05, 0) is 37.1 Å². The molecule has 1 saturated heterocycles. The van der Waals surface area contributed by atoms with Crippen LogP contribution < -0.4 is 15.4 Å². The van der Waals surface area contributed by atoms with Gasteiger partial charge < -0.3 is 19.8 Å². The molecule has 2 amide bonds. The minimum atomic E-state index is -3.62. The van der Waals surface area contributed by atoms with Crippen LogP contribution in [0.15, 0.2) is 46.1 Å². The number of furan rings is 1. The van der Waals surface area contributed by atoms with Crippen LogP contribution in [0.1, 0.15) is 31.2 Å². The molecule has 9 heteroatoms. The van der Waals surface area contributed by atoms with Crippen LogP contribution >= 0.6 is 0 Å². The van der Waals surface area contributed by atoms with Gasteiger partial charge in [-0.15, -0.1) is 0 Å². The number of nitrogens with zero attached hydrogens (tertiary/aromatic N) is 1. The van der Waals surface area contributed by atoms with Crippen LogP contribution in [0.5, 0.6) is 5.75 Å². The van der Waals surface area contributed by atoms with Gasteiger partial charge in [-0.25, -0.2) is 13.2 Å². The summed E-state index contributed by atoms with van der Waals surface area (Å²) in [6, 6.07) is 5.78. The molecule has 0 saturated carbocycles. The van der Waals surface area contributed by atoms with Gasteiger partial charge in [0.2, 0.25) is 10.0 Å². The fraction of sp³-hybridized carbons (Fsp3) is 0.421. The third-order valence-electron chi connectivity index (χ3n) is 4.66. The number of rotatable bonds is 6. The fourth-order valence-corrected chi connectivity index (χ4v) is 4.66. The third kappa shape index (κ3) is 4.85. The monoisotopic (exact) mass is 407 g/mol. The molecule has 0 radical (unpaired) electrons. The Kier molecular flexibility index (Phi) is 6.58. The van der Waals surface area contributed by atoms with Crippen LogP contribution in [0.4, 0.5) is 10.5 Å². The van der Waals surface area contributed by atoms with E-state index in [4.69, 9.17) is 9.15 Å². The molecule has 8 nitrogen and oxygen atoms in total. The molecule has 1 aromatic carbocycles. The van der Waals surface area contributed by atoms with Crippen molar-refractivity contribution in [3.63, 3.8) is 0 Å². The third-order valence-corrected chi connectivity index (χ3v) is 6.55. The van der Waals surface area contributed by atoms with Crippen molar-refractivity contribution in [1.29, 1.82) is 0 Å². The minimum Gasteiger partial charge on any atom is -0.495 e. The quantitative estimate of drug-likeness (QED) is 0.766. The van der Waals surface area contributed by atoms with Gasteiger partial charge >= 0.3 is 6.03 Å². The maximum Gasteiger partial charge on any atom is 0.319 e. The molecule has 1 aliphatic heterocycles. The van der Waals surface area contributed by atoms with Crippen LogP contribution in [-0.2, 0) is 16.6 Å². The van der Waals surface area contributed by atoms with Gasteiger partial charge in [0.15, 0.2) is 0 Å². The molecule has 0 aliphatic carbocycles. The number of anilines is 1. The summed E-state index contributed by atoms with van der Waals surface area (Å²) < 4.78 is 37.8. The standard InChI is InChI=1S/C19H25N3O5S/c1-26-18-7-6-16(28(24,25)22-9-4-2-3-5-10-22)12-17(18)21-19(23)20-13-15-8-11-27-14-15/h6-8,11-12,14H,2-5,9-10,13H2,1H3,(H2,20,21,23). The molecular weight excluding hydrogens is 382 g/mol. The van der Waals surface area contributed by atoms with E-state index >= 15 is 0 Å². The molecule has 0 unspecified atom stereocenters. The van der Waals surface area contributed by atoms with Gasteiger partial charge in [-0.2, -0.15) is 4.31 Å². The van der Waals surface area contributed by atoms with Crippen molar-refractivity contribution in [2.24, 2.45) is 0 Å². The molecule has 1 fully saturated rings. The Hall–Kier alpha value is -2.52. The number of hydrogen-bond acceptors (Lipinski definition) is 5. The molecule has 0 bridgehead atoms. The number of carbonyl (C=O) groups is 1. The molecule has 2 aromatic rings. The molecule has 3 rings (SSSR count). The summed E-state index contributed by atoms with van der Waals surface area (Å²) in [5.74, 6) is 0.383. The number of methoxy groups -OCH3 is 1. The highest BCUT2D eigenvalue weighted by Crippen LogP contribution is 2.29. The molecule has 0 spiro atoms. The van der Waals surface area contributed by atoms with Gasteiger partial charge in [0.05, 0.1) is 30.2 Å². The zero-order chi connectivity index (χ0) is 20.0. The van der Waals surface area contributed by atoms with Crippen LogP contribution in [0.25, 0.3) is 0 Å². The van der Waals surface area contributed by atoms with Crippen molar-refractivity contribution in [3.05, 3.63) is 42.4 Å². The smallest absolute Gasteiger partial charge is 0.319 e. The van der Waals surface area contributed by atoms with Crippen LogP contribution in [0.3, 0.4) is 0 Å². The number of hydrogen-bond donors (Lipinski definition) is 2. The van der Waals surface area contributed by atoms with E-state index in [1.165, 1.54) is 36.1 Å². The summed E-state index contributed by atoms with van der Waals surface area (Å²) >= 11 is 0. The molecule has 2 heterocycles. The average Bonchev–Trinajstić information content (AvgIpc) is 3.05. The Balaban J connectivity index is 1.76. The van der Waals surface area contributed by atoms with E-state index in [1.807, 2.05) is 0 Å². The van der Waals surface area contributed by atoms with E-state index in [1.54, 1.807) is 12.1 Å². The maximum absolute atomic E-state index is 13.0. The second-order valence-corrected chi connectivity index (χ2v) is 8.56. The van der Waals surface area contributed by atoms with E-state index in [0.717, 1.165) is 31.2 Å². The van der Waals surface area contributed by atoms with Crippen molar-refractivity contribution in [3.8, 4) is 5.75 Å². The van der Waals surface area contributed by atoms with Gasteiger partial charge in [0, 0.05) is 25.2 Å². The molecular formula is C19H25N3O5S. The lowest BCUT2D eigenvalue weighted by Gasteiger charge is -2.21. The zero-order valence-electron chi connectivity index (χ0n) is 15.8. The lowest BCUT2D eigenvalue weighted by Crippen LogP contribution is -2.32. The number of ether oxygens (including phenoxy) is 1. The SMILES string of the molecule is COc1ccc(S(=O)(=O)N2CCCCCC2)cc1NC(=O)NCc1ccoc1. The largest absolute Gasteiger partial charge is 0.495 e. The molecule has 0 atom stereocenters. The fourth-order valence-electron chi connectivity index (χ4n) is 3.12. The van der Waals surface area contributed by atoms with Crippen molar-refractivity contribution >= 4 is 21.7 Å². The van der Waals surface area contributed by atoms with Gasteiger partial charge in [0.25, 0.3) is 0 Å². The van der Waals surface area contributed by atoms with E-state index in [2.05, 4.69) is 10.6 Å². The van der Waals surface area contributed by atoms with E-state index in [9.17, 15) is 13.2 Å². The van der Waals surface area contributed by atoms with Crippen molar-refractivity contribution in [2.75, 3.05) is 25.5 Å². The number of carbonyl (C=O) groups excluding carboxylic acids is 1. The van der Waals surface area contributed by atoms with E-state index in [0.29, 0.717) is 24.5 Å². The molecule has 2 N–H and O–H groups in total. The van der Waals surface area contributed by atoms with Crippen LogP contribution in [0.2, 0.25) is 0 Å². The summed E-state index contributed by atoms with van der Waals surface area (Å²) in [5.41, 5.74) is 1.11. The summed E-state index contributed by atoms with van der Waals surface area (Å²) in [6.45, 7) is 1.32. The highest BCUT2D eigenvalue weighted by Gasteiger charge is 2.26. The normalized spacial score (nSPS) is 15.6. The predicted octanol–water partition coefficient (Wildman–Crippen LogP) is 3.17. The average molecular weight is 407 g/mol. The summed E-state index contributed by atoms with van der Waals surface area (Å²) in [7, 11) is -2.16. The first-order valence-electron chi connectivity index (χ1n) is 9.25. The Morgan fingerprint density at radius 1 is 1.18 bits per heavy atom. The minimum absolute atomic E-state index is 0.139. The van der Waals surface area contributed by atoms with E-state index in [-0.39, 0.29) is 11.4 Å². The summed E-state index contributed by atoms with van der Waals surface area (Å²) in [4.78, 5) is 12.4. The first kappa shape index (κ1) is 20.2. The lowest BCUT2D eigenvalue weighted by atomic mass is 10.2. The highest BCUT2D eigenvalue weighted by molar-refractivity contribution is 7.89. The Bertz CT molecular complexity index is 888. The molecule has 152 valence electrons. The second-order valence-electron chi connectivity index (χ2n) is 6.62. The molecule has 28 heavy (non-hydrogen) atoms. The first-order chi connectivity index (χ1) is 13.5. The van der Waals surface area contributed by atoms with Gasteiger partial charge in [-0.1, -0.05) is 12.8 Å². The first-order valence-corrected chi connectivity index (χ1v) is 10.7. The number of benzene rings is 1. The van der Waals surface area contributed by atoms with Gasteiger partial charge in [0.1, 0.15) is 5.75 Å². The topological polar surface area (TPSA) is 101 Å².